The first-order valence-electron chi connectivity index (χ1n) is 6.59. The van der Waals surface area contributed by atoms with E-state index in [0.29, 0.717) is 22.6 Å². The Labute approximate surface area is 147 Å². The second kappa shape index (κ2) is 8.90. The van der Waals surface area contributed by atoms with Crippen LogP contribution in [0.3, 0.4) is 0 Å². The molecule has 0 bridgehead atoms. The number of phenolic OH excluding ortho intramolecular Hbond substituents is 1. The fourth-order valence-electron chi connectivity index (χ4n) is 1.82. The van der Waals surface area contributed by atoms with E-state index in [1.807, 2.05) is 0 Å². The van der Waals surface area contributed by atoms with Crippen molar-refractivity contribution in [1.29, 1.82) is 0 Å². The summed E-state index contributed by atoms with van der Waals surface area (Å²) in [5, 5.41) is 13.8. The number of ether oxygens (including phenoxy) is 2. The lowest BCUT2D eigenvalue weighted by molar-refractivity contribution is 0.0955. The Kier molecular flexibility index (Phi) is 7.22. The molecule has 128 valence electrons. The van der Waals surface area contributed by atoms with Gasteiger partial charge in [0.05, 0.1) is 20.4 Å². The van der Waals surface area contributed by atoms with Crippen LogP contribution in [-0.2, 0) is 0 Å². The van der Waals surface area contributed by atoms with E-state index >= 15 is 0 Å². The highest BCUT2D eigenvalue weighted by Crippen LogP contribution is 2.32. The molecule has 0 unspecified atom stereocenters. The van der Waals surface area contributed by atoms with E-state index in [1.165, 1.54) is 13.3 Å². The molecule has 0 aliphatic rings. The average Bonchev–Trinajstić information content (AvgIpc) is 2.57. The summed E-state index contributed by atoms with van der Waals surface area (Å²) in [7, 11) is 3.01. The molecule has 2 rings (SSSR count). The molecule has 2 aromatic rings. The number of hydrazone groups is 1. The number of amides is 1. The number of carbonyl (C=O) groups excluding carboxylic acids is 1. The van der Waals surface area contributed by atoms with E-state index in [9.17, 15) is 9.90 Å². The maximum atomic E-state index is 11.9. The van der Waals surface area contributed by atoms with Gasteiger partial charge < -0.3 is 20.1 Å². The van der Waals surface area contributed by atoms with Gasteiger partial charge in [0.1, 0.15) is 5.75 Å². The average molecular weight is 397 g/mol. The SMILES string of the molecule is COc1ccc(C(=O)N/N=C/c2cc(Br)cc(OC)c2O)cc1.O. The van der Waals surface area contributed by atoms with Crippen molar-refractivity contribution in [2.45, 2.75) is 0 Å². The van der Waals surface area contributed by atoms with E-state index in [4.69, 9.17) is 9.47 Å². The Hall–Kier alpha value is -2.58. The highest BCUT2D eigenvalue weighted by atomic mass is 79.9. The molecule has 4 N–H and O–H groups in total. The van der Waals surface area contributed by atoms with E-state index in [-0.39, 0.29) is 17.1 Å². The van der Waals surface area contributed by atoms with Gasteiger partial charge in [0.15, 0.2) is 11.5 Å². The minimum Gasteiger partial charge on any atom is -0.504 e. The third kappa shape index (κ3) is 4.71. The Morgan fingerprint density at radius 2 is 1.88 bits per heavy atom. The van der Waals surface area contributed by atoms with Crippen LogP contribution in [0, 0.1) is 0 Å². The molecule has 0 heterocycles. The molecule has 0 spiro atoms. The van der Waals surface area contributed by atoms with Gasteiger partial charge in [0, 0.05) is 15.6 Å². The van der Waals surface area contributed by atoms with Crippen molar-refractivity contribution < 1.29 is 24.9 Å². The molecule has 0 atom stereocenters. The minimum absolute atomic E-state index is 0. The highest BCUT2D eigenvalue weighted by molar-refractivity contribution is 9.10. The fourth-order valence-corrected chi connectivity index (χ4v) is 2.27. The molecule has 0 radical (unpaired) electrons. The Morgan fingerprint density at radius 3 is 2.46 bits per heavy atom. The first-order valence-corrected chi connectivity index (χ1v) is 7.38. The van der Waals surface area contributed by atoms with Crippen LogP contribution in [0.4, 0.5) is 0 Å². The number of hydrogen-bond acceptors (Lipinski definition) is 5. The third-order valence-electron chi connectivity index (χ3n) is 3.01. The topological polar surface area (TPSA) is 112 Å². The van der Waals surface area contributed by atoms with Gasteiger partial charge >= 0.3 is 0 Å². The summed E-state index contributed by atoms with van der Waals surface area (Å²) < 4.78 is 10.8. The lowest BCUT2D eigenvalue weighted by Gasteiger charge is -2.07. The number of hydrogen-bond donors (Lipinski definition) is 2. The smallest absolute Gasteiger partial charge is 0.271 e. The molecule has 8 heteroatoms. The largest absolute Gasteiger partial charge is 0.504 e. The molecule has 7 nitrogen and oxygen atoms in total. The Bertz CT molecular complexity index is 732. The van der Waals surface area contributed by atoms with Crippen molar-refractivity contribution in [2.24, 2.45) is 5.10 Å². The zero-order chi connectivity index (χ0) is 16.8. The van der Waals surface area contributed by atoms with Crippen LogP contribution < -0.4 is 14.9 Å². The number of methoxy groups -OCH3 is 2. The minimum atomic E-state index is -0.370. The van der Waals surface area contributed by atoms with E-state index in [2.05, 4.69) is 26.5 Å². The standard InChI is InChI=1S/C16H15BrN2O4.H2O/c1-22-13-5-3-10(4-6-13)16(21)19-18-9-11-7-12(17)8-14(23-2)15(11)20;/h3-9,20H,1-2H3,(H,19,21);1H2/b18-9+;. The van der Waals surface area contributed by atoms with Gasteiger partial charge in [-0.15, -0.1) is 0 Å². The lowest BCUT2D eigenvalue weighted by atomic mass is 10.2. The van der Waals surface area contributed by atoms with Gasteiger partial charge in [-0.25, -0.2) is 5.43 Å². The molecule has 0 aliphatic carbocycles. The number of phenols is 1. The van der Waals surface area contributed by atoms with Crippen LogP contribution in [0.1, 0.15) is 15.9 Å². The Balaban J connectivity index is 0.00000288. The maximum absolute atomic E-state index is 11.9. The van der Waals surface area contributed by atoms with Crippen molar-refractivity contribution in [2.75, 3.05) is 14.2 Å². The van der Waals surface area contributed by atoms with Gasteiger partial charge in [-0.05, 0) is 36.4 Å². The van der Waals surface area contributed by atoms with Crippen LogP contribution in [-0.4, -0.2) is 36.9 Å². The first kappa shape index (κ1) is 19.5. The number of nitrogens with one attached hydrogen (secondary N) is 1. The van der Waals surface area contributed by atoms with Gasteiger partial charge in [0.2, 0.25) is 0 Å². The molecule has 24 heavy (non-hydrogen) atoms. The summed E-state index contributed by atoms with van der Waals surface area (Å²) in [5.41, 5.74) is 3.24. The normalized spacial score (nSPS) is 10.1. The van der Waals surface area contributed by atoms with Crippen molar-refractivity contribution in [3.05, 3.63) is 52.0 Å². The first-order chi connectivity index (χ1) is 11.0. The number of carbonyl (C=O) groups is 1. The van der Waals surface area contributed by atoms with Gasteiger partial charge in [-0.1, -0.05) is 15.9 Å². The van der Waals surface area contributed by atoms with Gasteiger partial charge in [-0.3, -0.25) is 4.79 Å². The summed E-state index contributed by atoms with van der Waals surface area (Å²) in [4.78, 5) is 11.9. The summed E-state index contributed by atoms with van der Waals surface area (Å²) in [6.07, 6.45) is 1.34. The van der Waals surface area contributed by atoms with E-state index in [0.717, 1.165) is 4.47 Å². The van der Waals surface area contributed by atoms with Crippen molar-refractivity contribution >= 4 is 28.1 Å². The number of aromatic hydroxyl groups is 1. The summed E-state index contributed by atoms with van der Waals surface area (Å²) in [6, 6.07) is 9.91. The predicted octanol–water partition coefficient (Wildman–Crippen LogP) is 2.11. The number of rotatable bonds is 5. The lowest BCUT2D eigenvalue weighted by Crippen LogP contribution is -2.17. The second-order valence-electron chi connectivity index (χ2n) is 4.47. The molecule has 1 amide bonds. The molecule has 0 aliphatic heterocycles. The third-order valence-corrected chi connectivity index (χ3v) is 3.47. The van der Waals surface area contributed by atoms with Crippen LogP contribution in [0.5, 0.6) is 17.2 Å². The van der Waals surface area contributed by atoms with E-state index < -0.39 is 0 Å². The highest BCUT2D eigenvalue weighted by Gasteiger charge is 2.08. The number of halogens is 1. The molecule has 0 fully saturated rings. The number of nitrogens with zero attached hydrogens (tertiary/aromatic N) is 1. The molecular formula is C16H17BrN2O5. The predicted molar refractivity (Wildman–Crippen MR) is 94.0 cm³/mol. The van der Waals surface area contributed by atoms with Crippen LogP contribution in [0.25, 0.3) is 0 Å². The molecular weight excluding hydrogens is 380 g/mol. The van der Waals surface area contributed by atoms with Crippen molar-refractivity contribution in [3.63, 3.8) is 0 Å². The second-order valence-corrected chi connectivity index (χ2v) is 5.39. The molecule has 0 aromatic heterocycles. The van der Waals surface area contributed by atoms with Crippen LogP contribution in [0.15, 0.2) is 46.0 Å². The van der Waals surface area contributed by atoms with Crippen molar-refractivity contribution in [1.82, 2.24) is 5.43 Å². The summed E-state index contributed by atoms with van der Waals surface area (Å²) in [6.45, 7) is 0. The van der Waals surface area contributed by atoms with Gasteiger partial charge in [0.25, 0.3) is 5.91 Å². The number of benzene rings is 2. The quantitative estimate of drug-likeness (QED) is 0.595. The van der Waals surface area contributed by atoms with Gasteiger partial charge in [-0.2, -0.15) is 5.10 Å². The Morgan fingerprint density at radius 1 is 1.21 bits per heavy atom. The van der Waals surface area contributed by atoms with Crippen molar-refractivity contribution in [3.8, 4) is 17.2 Å². The monoisotopic (exact) mass is 396 g/mol. The zero-order valence-corrected chi connectivity index (χ0v) is 14.6. The van der Waals surface area contributed by atoms with Crippen LogP contribution in [0.2, 0.25) is 0 Å². The molecule has 0 saturated carbocycles. The maximum Gasteiger partial charge on any atom is 0.271 e. The fraction of sp³-hybridized carbons (Fsp3) is 0.125. The molecule has 0 saturated heterocycles. The van der Waals surface area contributed by atoms with Crippen LogP contribution >= 0.6 is 15.9 Å². The van der Waals surface area contributed by atoms with E-state index in [1.54, 1.807) is 43.5 Å². The zero-order valence-electron chi connectivity index (χ0n) is 13.0. The summed E-state index contributed by atoms with van der Waals surface area (Å²) in [5.74, 6) is 0.544. The summed E-state index contributed by atoms with van der Waals surface area (Å²) >= 11 is 3.31. The molecule has 2 aromatic carbocycles.